The number of nitrogens with zero attached hydrogens (tertiary/aromatic N) is 1. The van der Waals surface area contributed by atoms with E-state index in [1.165, 1.54) is 6.20 Å². The van der Waals surface area contributed by atoms with Crippen LogP contribution in [0.2, 0.25) is 0 Å². The summed E-state index contributed by atoms with van der Waals surface area (Å²) < 4.78 is 11.6. The number of aliphatic imine (C=N–C) groups is 1. The van der Waals surface area contributed by atoms with E-state index in [9.17, 15) is 0 Å². The zero-order chi connectivity index (χ0) is 11.7. The van der Waals surface area contributed by atoms with Gasteiger partial charge in [-0.3, -0.25) is 4.99 Å². The molecule has 0 unspecified atom stereocenters. The normalized spacial score (nSPS) is 25.1. The second-order valence-electron chi connectivity index (χ2n) is 4.60. The van der Waals surface area contributed by atoms with Gasteiger partial charge >= 0.3 is 7.12 Å². The Morgan fingerprint density at radius 3 is 2.00 bits per heavy atom. The van der Waals surface area contributed by atoms with E-state index in [0.717, 1.165) is 0 Å². The Morgan fingerprint density at radius 1 is 1.20 bits per heavy atom. The Kier molecular flexibility index (Phi) is 3.26. The standard InChI is InChI=1S/C10H19BN2O2/c1-9(2)10(3,4)15-11(14-9)8(13-5)6-7-12/h6-7H,12H2,1-5H3. The Balaban J connectivity index is 2.87. The fourth-order valence-corrected chi connectivity index (χ4v) is 1.32. The predicted molar refractivity (Wildman–Crippen MR) is 62.8 cm³/mol. The lowest BCUT2D eigenvalue weighted by molar-refractivity contribution is 0.00578. The Labute approximate surface area is 91.7 Å². The van der Waals surface area contributed by atoms with Crippen LogP contribution in [-0.2, 0) is 9.31 Å². The van der Waals surface area contributed by atoms with Crippen molar-refractivity contribution in [3.8, 4) is 0 Å². The first-order chi connectivity index (χ1) is 6.84. The second kappa shape index (κ2) is 3.98. The third-order valence-electron chi connectivity index (χ3n) is 3.02. The lowest BCUT2D eigenvalue weighted by atomic mass is 9.82. The topological polar surface area (TPSA) is 56.8 Å². The first-order valence-electron chi connectivity index (χ1n) is 5.04. The zero-order valence-electron chi connectivity index (χ0n) is 10.1. The largest absolute Gasteiger partial charge is 0.514 e. The lowest BCUT2D eigenvalue weighted by Gasteiger charge is -2.32. The first-order valence-corrected chi connectivity index (χ1v) is 5.04. The molecule has 0 aliphatic carbocycles. The van der Waals surface area contributed by atoms with Crippen LogP contribution in [0.25, 0.3) is 0 Å². The molecule has 0 atom stereocenters. The Morgan fingerprint density at radius 2 is 1.67 bits per heavy atom. The van der Waals surface area contributed by atoms with Crippen molar-refractivity contribution in [1.29, 1.82) is 0 Å². The van der Waals surface area contributed by atoms with Crippen LogP contribution < -0.4 is 5.73 Å². The van der Waals surface area contributed by atoms with E-state index in [1.807, 2.05) is 27.7 Å². The third kappa shape index (κ3) is 2.24. The molecule has 1 fully saturated rings. The van der Waals surface area contributed by atoms with Gasteiger partial charge in [0.1, 0.15) is 0 Å². The maximum Gasteiger partial charge on any atom is 0.514 e. The van der Waals surface area contributed by atoms with Crippen LogP contribution in [0, 0.1) is 0 Å². The molecular weight excluding hydrogens is 191 g/mol. The van der Waals surface area contributed by atoms with Crippen LogP contribution in [0.3, 0.4) is 0 Å². The highest BCUT2D eigenvalue weighted by atomic mass is 16.7. The highest BCUT2D eigenvalue weighted by molar-refractivity contribution is 6.84. The summed E-state index contributed by atoms with van der Waals surface area (Å²) in [5.74, 6) is 0. The molecule has 84 valence electrons. The molecule has 1 rings (SSSR count). The van der Waals surface area contributed by atoms with Crippen LogP contribution in [0.5, 0.6) is 0 Å². The number of hydrogen-bond donors (Lipinski definition) is 1. The molecule has 0 amide bonds. The summed E-state index contributed by atoms with van der Waals surface area (Å²) in [6.45, 7) is 8.03. The average Bonchev–Trinajstić information content (AvgIpc) is 2.32. The maximum atomic E-state index is 5.81. The van der Waals surface area contributed by atoms with Crippen molar-refractivity contribution in [3.63, 3.8) is 0 Å². The van der Waals surface area contributed by atoms with Crippen LogP contribution in [0.15, 0.2) is 17.3 Å². The molecule has 2 N–H and O–H groups in total. The summed E-state index contributed by atoms with van der Waals surface area (Å²) >= 11 is 0. The second-order valence-corrected chi connectivity index (χ2v) is 4.60. The van der Waals surface area contributed by atoms with Gasteiger partial charge in [-0.05, 0) is 40.0 Å². The molecule has 0 aromatic carbocycles. The minimum atomic E-state index is -0.431. The van der Waals surface area contributed by atoms with Crippen LogP contribution in [0.4, 0.5) is 0 Å². The lowest BCUT2D eigenvalue weighted by Crippen LogP contribution is -2.41. The first kappa shape index (κ1) is 12.3. The van der Waals surface area contributed by atoms with Crippen LogP contribution in [-0.4, -0.2) is 31.0 Å². The Hall–Kier alpha value is -0.805. The third-order valence-corrected chi connectivity index (χ3v) is 3.02. The molecule has 0 spiro atoms. The number of rotatable bonds is 2. The van der Waals surface area contributed by atoms with Crippen molar-refractivity contribution in [2.75, 3.05) is 7.05 Å². The van der Waals surface area contributed by atoms with E-state index in [0.29, 0.717) is 5.61 Å². The van der Waals surface area contributed by atoms with Gasteiger partial charge in [0.25, 0.3) is 0 Å². The van der Waals surface area contributed by atoms with Gasteiger partial charge < -0.3 is 15.0 Å². The minimum Gasteiger partial charge on any atom is -0.405 e. The number of allylic oxidation sites excluding steroid dienone is 1. The molecule has 0 aromatic heterocycles. The fourth-order valence-electron chi connectivity index (χ4n) is 1.32. The summed E-state index contributed by atoms with van der Waals surface area (Å²) in [4.78, 5) is 4.09. The molecule has 0 aromatic rings. The molecule has 1 aliphatic rings. The molecule has 0 saturated carbocycles. The van der Waals surface area contributed by atoms with E-state index in [4.69, 9.17) is 15.0 Å². The SMILES string of the molecule is CN=C(C=CN)B1OC(C)(C)C(C)(C)O1. The van der Waals surface area contributed by atoms with Gasteiger partial charge in [-0.2, -0.15) is 0 Å². The van der Waals surface area contributed by atoms with Gasteiger partial charge in [-0.15, -0.1) is 0 Å². The predicted octanol–water partition coefficient (Wildman–Crippen LogP) is 1.16. The van der Waals surface area contributed by atoms with Crippen molar-refractivity contribution in [3.05, 3.63) is 12.3 Å². The molecular formula is C10H19BN2O2. The summed E-state index contributed by atoms with van der Waals surface area (Å²) in [6, 6.07) is 0. The van der Waals surface area contributed by atoms with Gasteiger partial charge in [0.2, 0.25) is 0 Å². The van der Waals surface area contributed by atoms with Crippen molar-refractivity contribution in [1.82, 2.24) is 0 Å². The van der Waals surface area contributed by atoms with Crippen molar-refractivity contribution < 1.29 is 9.31 Å². The molecule has 1 heterocycles. The van der Waals surface area contributed by atoms with E-state index in [2.05, 4.69) is 4.99 Å². The van der Waals surface area contributed by atoms with Gasteiger partial charge in [-0.25, -0.2) is 0 Å². The molecule has 1 saturated heterocycles. The average molecular weight is 210 g/mol. The van der Waals surface area contributed by atoms with Crippen LogP contribution >= 0.6 is 0 Å². The highest BCUT2D eigenvalue weighted by Crippen LogP contribution is 2.36. The minimum absolute atomic E-state index is 0.337. The summed E-state index contributed by atoms with van der Waals surface area (Å²) in [5, 5.41) is 0. The zero-order valence-corrected chi connectivity index (χ0v) is 10.1. The summed E-state index contributed by atoms with van der Waals surface area (Å²) in [6.07, 6.45) is 3.13. The molecule has 4 nitrogen and oxygen atoms in total. The van der Waals surface area contributed by atoms with Gasteiger partial charge in [-0.1, -0.05) is 0 Å². The van der Waals surface area contributed by atoms with E-state index >= 15 is 0 Å². The quantitative estimate of drug-likeness (QED) is 0.549. The summed E-state index contributed by atoms with van der Waals surface area (Å²) in [7, 11) is 1.26. The molecule has 0 bridgehead atoms. The number of nitrogens with two attached hydrogens (primary N) is 1. The molecule has 15 heavy (non-hydrogen) atoms. The van der Waals surface area contributed by atoms with Crippen molar-refractivity contribution in [2.45, 2.75) is 38.9 Å². The molecule has 1 aliphatic heterocycles. The molecule has 5 heteroatoms. The van der Waals surface area contributed by atoms with Gasteiger partial charge in [0.15, 0.2) is 0 Å². The van der Waals surface area contributed by atoms with Crippen LogP contribution in [0.1, 0.15) is 27.7 Å². The van der Waals surface area contributed by atoms with Crippen molar-refractivity contribution in [2.24, 2.45) is 10.7 Å². The Bertz CT molecular complexity index is 282. The highest BCUT2D eigenvalue weighted by Gasteiger charge is 2.52. The number of hydrogen-bond acceptors (Lipinski definition) is 4. The maximum absolute atomic E-state index is 5.81. The fraction of sp³-hybridized carbons (Fsp3) is 0.700. The van der Waals surface area contributed by atoms with E-state index < -0.39 is 7.12 Å². The summed E-state index contributed by atoms with van der Waals surface area (Å²) in [5.41, 5.74) is 5.37. The smallest absolute Gasteiger partial charge is 0.405 e. The van der Waals surface area contributed by atoms with Crippen molar-refractivity contribution >= 4 is 12.7 Å². The van der Waals surface area contributed by atoms with E-state index in [-0.39, 0.29) is 11.2 Å². The van der Waals surface area contributed by atoms with E-state index in [1.54, 1.807) is 13.1 Å². The van der Waals surface area contributed by atoms with Gasteiger partial charge in [0, 0.05) is 7.05 Å². The molecule has 0 radical (unpaired) electrons. The monoisotopic (exact) mass is 210 g/mol. The van der Waals surface area contributed by atoms with Gasteiger partial charge in [0.05, 0.1) is 16.8 Å².